The first-order valence-corrected chi connectivity index (χ1v) is 15.6. The van der Waals surface area contributed by atoms with Gasteiger partial charge in [-0.05, 0) is 96.5 Å². The van der Waals surface area contributed by atoms with Crippen molar-refractivity contribution in [3.05, 3.63) is 107 Å². The topological polar surface area (TPSA) is 52.1 Å². The van der Waals surface area contributed by atoms with Crippen molar-refractivity contribution in [2.75, 3.05) is 0 Å². The van der Waals surface area contributed by atoms with Gasteiger partial charge in [-0.3, -0.25) is 0 Å². The lowest BCUT2D eigenvalue weighted by Gasteiger charge is -2.38. The Kier molecular flexibility index (Phi) is 8.63. The van der Waals surface area contributed by atoms with E-state index in [2.05, 4.69) is 23.8 Å². The van der Waals surface area contributed by atoms with Crippen LogP contribution in [0.15, 0.2) is 93.8 Å². The molecule has 0 atom stereocenters. The molecule has 4 nitrogen and oxygen atoms in total. The lowest BCUT2D eigenvalue weighted by molar-refractivity contribution is -0.288. The molecule has 0 fully saturated rings. The summed E-state index contributed by atoms with van der Waals surface area (Å²) in [7, 11) is 0. The predicted molar refractivity (Wildman–Crippen MR) is 169 cm³/mol. The summed E-state index contributed by atoms with van der Waals surface area (Å²) >= 11 is 0. The van der Waals surface area contributed by atoms with Crippen molar-refractivity contribution < 1.29 is 35.2 Å². The van der Waals surface area contributed by atoms with Crippen LogP contribution < -0.4 is 0 Å². The fourth-order valence-electron chi connectivity index (χ4n) is 5.94. The molecule has 6 rings (SSSR count). The van der Waals surface area contributed by atoms with E-state index in [1.165, 1.54) is 0 Å². The van der Waals surface area contributed by atoms with E-state index in [0.29, 0.717) is 11.1 Å². The Balaban J connectivity index is 1.42. The lowest BCUT2D eigenvalue weighted by Crippen LogP contribution is -2.54. The van der Waals surface area contributed by atoms with Crippen molar-refractivity contribution in [1.82, 2.24) is 9.97 Å². The second kappa shape index (κ2) is 12.5. The Morgan fingerprint density at radius 3 is 1.26 bits per heavy atom. The summed E-state index contributed by atoms with van der Waals surface area (Å²) in [4.78, 5) is 8.57. The molecular formula is C37H32F6N2O2. The van der Waals surface area contributed by atoms with Crippen LogP contribution in [-0.2, 0) is 18.3 Å². The van der Waals surface area contributed by atoms with E-state index in [1.807, 2.05) is 24.3 Å². The van der Waals surface area contributed by atoms with Crippen molar-refractivity contribution in [3.8, 4) is 22.9 Å². The maximum atomic E-state index is 15.0. The number of benzene rings is 4. The van der Waals surface area contributed by atoms with Gasteiger partial charge in [0.25, 0.3) is 0 Å². The number of hydrogen-bond donors (Lipinski definition) is 0. The Hall–Kier alpha value is -4.60. The van der Waals surface area contributed by atoms with E-state index < -0.39 is 28.9 Å². The summed E-state index contributed by atoms with van der Waals surface area (Å²) in [6.07, 6.45) is -5.69. The third-order valence-electron chi connectivity index (χ3n) is 8.53. The molecular weight excluding hydrogens is 618 g/mol. The molecule has 2 heterocycles. The molecule has 0 radical (unpaired) electrons. The first-order chi connectivity index (χ1) is 22.4. The van der Waals surface area contributed by atoms with Crippen LogP contribution in [0.5, 0.6) is 0 Å². The molecule has 6 aromatic rings. The monoisotopic (exact) mass is 650 g/mol. The van der Waals surface area contributed by atoms with Crippen molar-refractivity contribution in [1.29, 1.82) is 0 Å². The summed E-state index contributed by atoms with van der Waals surface area (Å²) in [6, 6.07) is 20.1. The van der Waals surface area contributed by atoms with Gasteiger partial charge in [0.05, 0.1) is 0 Å². The number of alkyl halides is 6. The summed E-state index contributed by atoms with van der Waals surface area (Å²) in [5.41, 5.74) is -3.26. The number of aryl methyl sites for hydroxylation is 2. The van der Waals surface area contributed by atoms with Crippen molar-refractivity contribution in [2.24, 2.45) is 0 Å². The molecule has 0 aliphatic heterocycles. The normalized spacial score (nSPS) is 12.8. The largest absolute Gasteiger partial charge is 0.436 e. The number of nitrogens with zero attached hydrogens (tertiary/aromatic N) is 2. The van der Waals surface area contributed by atoms with Gasteiger partial charge >= 0.3 is 12.4 Å². The number of unbranched alkanes of at least 4 members (excludes halogenated alkanes) is 2. The maximum absolute atomic E-state index is 15.0. The smallest absolute Gasteiger partial charge is 0.411 e. The standard InChI is InChI=1S/C37H32F6N2O2/c1-3-5-7-23-9-13-25(14-10-23)33-44-29-21-27(17-19-31(29)46-33)35(36(38,39)40,37(41,42)43)28-18-20-32-30(22-28)45-34(47-32)26-15-11-24(12-16-26)8-6-4-2/h9-22H,3-8H2,1-2H3. The zero-order chi connectivity index (χ0) is 33.4. The fraction of sp³-hybridized carbons (Fsp3) is 0.297. The van der Waals surface area contributed by atoms with Gasteiger partial charge in [-0.2, -0.15) is 26.3 Å². The Labute approximate surface area is 267 Å². The van der Waals surface area contributed by atoms with Crippen LogP contribution >= 0.6 is 0 Å². The summed E-state index contributed by atoms with van der Waals surface area (Å²) < 4.78 is 102. The number of fused-ring (bicyclic) bond motifs is 2. The molecule has 0 bridgehead atoms. The minimum atomic E-state index is -5.78. The van der Waals surface area contributed by atoms with E-state index in [9.17, 15) is 0 Å². The maximum Gasteiger partial charge on any atom is 0.411 e. The highest BCUT2D eigenvalue weighted by Gasteiger charge is 2.72. The molecule has 47 heavy (non-hydrogen) atoms. The molecule has 2 aromatic heterocycles. The Morgan fingerprint density at radius 1 is 0.532 bits per heavy atom. The van der Waals surface area contributed by atoms with Crippen LogP contribution in [0, 0.1) is 0 Å². The number of oxazole rings is 2. The quantitative estimate of drug-likeness (QED) is 0.138. The Bertz CT molecular complexity index is 1840. The van der Waals surface area contributed by atoms with E-state index in [4.69, 9.17) is 8.83 Å². The molecule has 0 spiro atoms. The van der Waals surface area contributed by atoms with Gasteiger partial charge in [0.15, 0.2) is 11.2 Å². The second-order valence-electron chi connectivity index (χ2n) is 11.7. The Morgan fingerprint density at radius 2 is 0.915 bits per heavy atom. The lowest BCUT2D eigenvalue weighted by atomic mass is 9.72. The first kappa shape index (κ1) is 32.3. The van der Waals surface area contributed by atoms with Crippen LogP contribution in [0.1, 0.15) is 61.8 Å². The highest BCUT2D eigenvalue weighted by atomic mass is 19.4. The van der Waals surface area contributed by atoms with Crippen molar-refractivity contribution in [3.63, 3.8) is 0 Å². The fourth-order valence-corrected chi connectivity index (χ4v) is 5.94. The molecule has 0 saturated heterocycles. The van der Waals surface area contributed by atoms with Crippen LogP contribution in [-0.4, -0.2) is 22.3 Å². The third kappa shape index (κ3) is 6.01. The van der Waals surface area contributed by atoms with Crippen LogP contribution in [0.2, 0.25) is 0 Å². The number of halogens is 6. The SMILES string of the molecule is CCCCc1ccc(-c2nc3cc(C(c4ccc5oc(-c6ccc(CCCC)cc6)nc5c4)(C(F)(F)F)C(F)(F)F)ccc3o2)cc1. The zero-order valence-electron chi connectivity index (χ0n) is 25.8. The summed E-state index contributed by atoms with van der Waals surface area (Å²) in [6.45, 7) is 4.18. The minimum Gasteiger partial charge on any atom is -0.436 e. The zero-order valence-corrected chi connectivity index (χ0v) is 25.8. The number of rotatable bonds is 10. The highest BCUT2D eigenvalue weighted by Crippen LogP contribution is 2.57. The van der Waals surface area contributed by atoms with Crippen LogP contribution in [0.25, 0.3) is 45.1 Å². The van der Waals surface area contributed by atoms with Gasteiger partial charge in [-0.15, -0.1) is 0 Å². The third-order valence-corrected chi connectivity index (χ3v) is 8.53. The van der Waals surface area contributed by atoms with E-state index in [0.717, 1.165) is 86.1 Å². The van der Waals surface area contributed by atoms with Crippen molar-refractivity contribution in [2.45, 2.75) is 70.1 Å². The second-order valence-corrected chi connectivity index (χ2v) is 11.7. The van der Waals surface area contributed by atoms with Gasteiger partial charge in [-0.25, -0.2) is 9.97 Å². The molecule has 0 N–H and O–H groups in total. The van der Waals surface area contributed by atoms with Gasteiger partial charge in [-0.1, -0.05) is 63.1 Å². The van der Waals surface area contributed by atoms with E-state index in [-0.39, 0.29) is 34.0 Å². The first-order valence-electron chi connectivity index (χ1n) is 15.6. The molecule has 0 aliphatic carbocycles. The molecule has 0 aliphatic rings. The average Bonchev–Trinajstić information content (AvgIpc) is 3.66. The average molecular weight is 651 g/mol. The predicted octanol–water partition coefficient (Wildman–Crippen LogP) is 11.4. The highest BCUT2D eigenvalue weighted by molar-refractivity contribution is 5.80. The molecule has 4 aromatic carbocycles. The molecule has 0 amide bonds. The summed E-state index contributed by atoms with van der Waals surface area (Å²) in [5, 5.41) is 0. The van der Waals surface area contributed by atoms with Crippen LogP contribution in [0.3, 0.4) is 0 Å². The summed E-state index contributed by atoms with van der Waals surface area (Å²) in [5.74, 6) is 0.192. The minimum absolute atomic E-state index is 0.0642. The van der Waals surface area contributed by atoms with Gasteiger partial charge in [0.1, 0.15) is 11.0 Å². The number of hydrogen-bond acceptors (Lipinski definition) is 4. The molecule has 0 saturated carbocycles. The molecule has 0 unspecified atom stereocenters. The molecule has 10 heteroatoms. The van der Waals surface area contributed by atoms with E-state index >= 15 is 26.3 Å². The van der Waals surface area contributed by atoms with Crippen molar-refractivity contribution >= 4 is 22.2 Å². The molecule has 244 valence electrons. The van der Waals surface area contributed by atoms with Gasteiger partial charge in [0, 0.05) is 11.1 Å². The van der Waals surface area contributed by atoms with E-state index in [1.54, 1.807) is 24.3 Å². The van der Waals surface area contributed by atoms with Gasteiger partial charge < -0.3 is 8.83 Å². The van der Waals surface area contributed by atoms with Gasteiger partial charge in [0.2, 0.25) is 17.2 Å². The number of aromatic nitrogens is 2. The van der Waals surface area contributed by atoms with Crippen LogP contribution in [0.4, 0.5) is 26.3 Å².